The van der Waals surface area contributed by atoms with Gasteiger partial charge in [0.05, 0.1) is 11.4 Å². The van der Waals surface area contributed by atoms with E-state index in [1.54, 1.807) is 6.07 Å². The van der Waals surface area contributed by atoms with E-state index in [1.165, 1.54) is 0 Å². The van der Waals surface area contributed by atoms with Crippen LogP contribution in [0.15, 0.2) is 12.1 Å². The maximum atomic E-state index is 11.6. The summed E-state index contributed by atoms with van der Waals surface area (Å²) in [7, 11) is -3.24. The van der Waals surface area contributed by atoms with Gasteiger partial charge in [-0.3, -0.25) is 4.72 Å². The number of hydrogen-bond donors (Lipinski definition) is 2. The fourth-order valence-corrected chi connectivity index (χ4v) is 2.66. The van der Waals surface area contributed by atoms with Gasteiger partial charge >= 0.3 is 0 Å². The third-order valence-electron chi connectivity index (χ3n) is 2.35. The second kappa shape index (κ2) is 4.74. The molecular weight excluding hydrogens is 224 g/mol. The molecule has 0 fully saturated rings. The molecule has 1 aromatic carbocycles. The summed E-state index contributed by atoms with van der Waals surface area (Å²) in [4.78, 5) is 0. The molecule has 4 nitrogen and oxygen atoms in total. The second-order valence-electron chi connectivity index (χ2n) is 3.94. The van der Waals surface area contributed by atoms with Crippen LogP contribution in [0.3, 0.4) is 0 Å². The molecule has 0 aliphatic rings. The highest BCUT2D eigenvalue weighted by Crippen LogP contribution is 2.23. The molecule has 0 saturated heterocycles. The molecule has 16 heavy (non-hydrogen) atoms. The van der Waals surface area contributed by atoms with Gasteiger partial charge in [-0.15, -0.1) is 0 Å². The fourth-order valence-electron chi connectivity index (χ4n) is 1.47. The van der Waals surface area contributed by atoms with Crippen molar-refractivity contribution >= 4 is 21.4 Å². The first kappa shape index (κ1) is 12.8. The molecule has 0 bridgehead atoms. The third-order valence-corrected chi connectivity index (χ3v) is 3.83. The van der Waals surface area contributed by atoms with Crippen LogP contribution in [-0.2, 0) is 10.0 Å². The molecule has 0 unspecified atom stereocenters. The van der Waals surface area contributed by atoms with Crippen molar-refractivity contribution in [3.8, 4) is 0 Å². The van der Waals surface area contributed by atoms with Crippen LogP contribution in [0.1, 0.15) is 24.5 Å². The highest BCUT2D eigenvalue weighted by atomic mass is 32.2. The number of rotatable bonds is 4. The minimum absolute atomic E-state index is 0.125. The Morgan fingerprint density at radius 2 is 1.88 bits per heavy atom. The molecule has 0 radical (unpaired) electrons. The van der Waals surface area contributed by atoms with Crippen molar-refractivity contribution in [2.45, 2.75) is 27.2 Å². The Bertz CT molecular complexity index is 481. The third kappa shape index (κ3) is 3.13. The molecule has 90 valence electrons. The summed E-state index contributed by atoms with van der Waals surface area (Å²) in [5, 5.41) is 0. The zero-order valence-corrected chi connectivity index (χ0v) is 10.7. The Morgan fingerprint density at radius 3 is 2.44 bits per heavy atom. The molecule has 1 aromatic rings. The van der Waals surface area contributed by atoms with E-state index in [-0.39, 0.29) is 5.75 Å². The Morgan fingerprint density at radius 1 is 1.25 bits per heavy atom. The quantitative estimate of drug-likeness (QED) is 0.794. The first-order valence-corrected chi connectivity index (χ1v) is 6.88. The zero-order chi connectivity index (χ0) is 12.3. The van der Waals surface area contributed by atoms with Gasteiger partial charge in [-0.25, -0.2) is 8.42 Å². The van der Waals surface area contributed by atoms with Crippen LogP contribution in [0.25, 0.3) is 0 Å². The van der Waals surface area contributed by atoms with Gasteiger partial charge in [0.25, 0.3) is 0 Å². The van der Waals surface area contributed by atoms with Crippen molar-refractivity contribution in [2.24, 2.45) is 0 Å². The van der Waals surface area contributed by atoms with Gasteiger partial charge in [0.2, 0.25) is 10.0 Å². The largest absolute Gasteiger partial charge is 0.398 e. The minimum atomic E-state index is -3.24. The Kier molecular flexibility index (Phi) is 3.80. The van der Waals surface area contributed by atoms with Crippen LogP contribution in [0.5, 0.6) is 0 Å². The molecule has 0 aliphatic carbocycles. The molecule has 3 N–H and O–H groups in total. The Balaban J connectivity index is 3.03. The van der Waals surface area contributed by atoms with Crippen LogP contribution < -0.4 is 10.5 Å². The van der Waals surface area contributed by atoms with Crippen LogP contribution >= 0.6 is 0 Å². The van der Waals surface area contributed by atoms with E-state index < -0.39 is 10.0 Å². The maximum Gasteiger partial charge on any atom is 0.232 e. The SMILES string of the molecule is CCCS(=O)(=O)Nc1cc(N)c(C)cc1C. The van der Waals surface area contributed by atoms with Crippen molar-refractivity contribution < 1.29 is 8.42 Å². The van der Waals surface area contributed by atoms with Crippen molar-refractivity contribution in [2.75, 3.05) is 16.2 Å². The van der Waals surface area contributed by atoms with Gasteiger partial charge in [-0.1, -0.05) is 13.0 Å². The highest BCUT2D eigenvalue weighted by Gasteiger charge is 2.11. The lowest BCUT2D eigenvalue weighted by Crippen LogP contribution is -2.17. The normalized spacial score (nSPS) is 11.4. The molecule has 0 atom stereocenters. The molecule has 1 rings (SSSR count). The standard InChI is InChI=1S/C11H18N2O2S/c1-4-5-16(14,15)13-11-7-10(12)8(2)6-9(11)3/h6-7,13H,4-5,12H2,1-3H3. The van der Waals surface area contributed by atoms with E-state index in [0.717, 1.165) is 11.1 Å². The van der Waals surface area contributed by atoms with Crippen LogP contribution in [0, 0.1) is 13.8 Å². The van der Waals surface area contributed by atoms with Gasteiger partial charge < -0.3 is 5.73 Å². The summed E-state index contributed by atoms with van der Waals surface area (Å²) in [6, 6.07) is 3.54. The summed E-state index contributed by atoms with van der Waals surface area (Å²) in [6.07, 6.45) is 0.593. The lowest BCUT2D eigenvalue weighted by atomic mass is 10.1. The smallest absolute Gasteiger partial charge is 0.232 e. The predicted octanol–water partition coefficient (Wildman–Crippen LogP) is 2.04. The number of benzene rings is 1. The summed E-state index contributed by atoms with van der Waals surface area (Å²) in [6.45, 7) is 5.58. The summed E-state index contributed by atoms with van der Waals surface area (Å²) in [5.41, 5.74) is 8.75. The van der Waals surface area contributed by atoms with Crippen molar-refractivity contribution in [1.29, 1.82) is 0 Å². The number of nitrogens with two attached hydrogens (primary N) is 1. The maximum absolute atomic E-state index is 11.6. The van der Waals surface area contributed by atoms with E-state index >= 15 is 0 Å². The number of nitrogen functional groups attached to an aromatic ring is 1. The highest BCUT2D eigenvalue weighted by molar-refractivity contribution is 7.92. The molecule has 0 aromatic heterocycles. The lowest BCUT2D eigenvalue weighted by molar-refractivity contribution is 0.600. The summed E-state index contributed by atoms with van der Waals surface area (Å²) in [5.74, 6) is 0.125. The van der Waals surface area contributed by atoms with Crippen molar-refractivity contribution in [1.82, 2.24) is 0 Å². The van der Waals surface area contributed by atoms with Gasteiger partial charge in [-0.2, -0.15) is 0 Å². The van der Waals surface area contributed by atoms with E-state index in [1.807, 2.05) is 26.8 Å². The second-order valence-corrected chi connectivity index (χ2v) is 5.79. The van der Waals surface area contributed by atoms with Crippen LogP contribution in [0.2, 0.25) is 0 Å². The number of aryl methyl sites for hydroxylation is 2. The zero-order valence-electron chi connectivity index (χ0n) is 9.87. The molecule has 5 heteroatoms. The van der Waals surface area contributed by atoms with Gasteiger partial charge in [0, 0.05) is 5.69 Å². The first-order chi connectivity index (χ1) is 7.35. The van der Waals surface area contributed by atoms with Crippen LogP contribution in [-0.4, -0.2) is 14.2 Å². The monoisotopic (exact) mass is 242 g/mol. The molecule has 0 spiro atoms. The molecule has 0 aliphatic heterocycles. The van der Waals surface area contributed by atoms with Gasteiger partial charge in [-0.05, 0) is 37.5 Å². The van der Waals surface area contributed by atoms with Gasteiger partial charge in [0.15, 0.2) is 0 Å². The van der Waals surface area contributed by atoms with E-state index in [2.05, 4.69) is 4.72 Å². The summed E-state index contributed by atoms with van der Waals surface area (Å²) >= 11 is 0. The average Bonchev–Trinajstić information content (AvgIpc) is 2.13. The fraction of sp³-hybridized carbons (Fsp3) is 0.455. The minimum Gasteiger partial charge on any atom is -0.398 e. The Hall–Kier alpha value is -1.23. The predicted molar refractivity (Wildman–Crippen MR) is 68.0 cm³/mol. The number of anilines is 2. The summed E-state index contributed by atoms with van der Waals surface area (Å²) < 4.78 is 25.7. The topological polar surface area (TPSA) is 72.2 Å². The van der Waals surface area contributed by atoms with Crippen molar-refractivity contribution in [3.05, 3.63) is 23.3 Å². The van der Waals surface area contributed by atoms with Gasteiger partial charge in [0.1, 0.15) is 0 Å². The lowest BCUT2D eigenvalue weighted by Gasteiger charge is -2.12. The van der Waals surface area contributed by atoms with Crippen molar-refractivity contribution in [3.63, 3.8) is 0 Å². The molecule has 0 amide bonds. The van der Waals surface area contributed by atoms with E-state index in [0.29, 0.717) is 17.8 Å². The number of hydrogen-bond acceptors (Lipinski definition) is 3. The molecular formula is C11H18N2O2S. The number of sulfonamides is 1. The number of nitrogens with one attached hydrogen (secondary N) is 1. The molecule has 0 heterocycles. The first-order valence-electron chi connectivity index (χ1n) is 5.23. The Labute approximate surface area is 96.9 Å². The average molecular weight is 242 g/mol. The van der Waals surface area contributed by atoms with Crippen LogP contribution in [0.4, 0.5) is 11.4 Å². The van der Waals surface area contributed by atoms with E-state index in [9.17, 15) is 8.42 Å². The molecule has 0 saturated carbocycles. The van der Waals surface area contributed by atoms with E-state index in [4.69, 9.17) is 5.73 Å².